The molecule has 0 aliphatic carbocycles. The van der Waals surface area contributed by atoms with Gasteiger partial charge in [0.25, 0.3) is 0 Å². The van der Waals surface area contributed by atoms with Gasteiger partial charge < -0.3 is 20.9 Å². The number of rotatable bonds is 7. The number of carbonyl (C=O) groups excluding carboxylic acids is 1. The van der Waals surface area contributed by atoms with Gasteiger partial charge in [-0.05, 0) is 25.0 Å². The summed E-state index contributed by atoms with van der Waals surface area (Å²) in [6.45, 7) is 5.00. The topological polar surface area (TPSA) is 82.2 Å². The molecule has 2 amide bonds. The number of nitrogens with zero attached hydrogens (tertiary/aromatic N) is 3. The lowest BCUT2D eigenvalue weighted by Crippen LogP contribution is -2.33. The lowest BCUT2D eigenvalue weighted by atomic mass is 10.1. The van der Waals surface area contributed by atoms with Crippen LogP contribution >= 0.6 is 0 Å². The van der Waals surface area contributed by atoms with E-state index in [1.807, 2.05) is 56.3 Å². The van der Waals surface area contributed by atoms with E-state index >= 15 is 0 Å². The molecule has 0 radical (unpaired) electrons. The summed E-state index contributed by atoms with van der Waals surface area (Å²) in [4.78, 5) is 22.7. The molecule has 0 aliphatic rings. The first-order chi connectivity index (χ1) is 12.0. The van der Waals surface area contributed by atoms with E-state index in [0.717, 1.165) is 29.2 Å². The molecule has 2 rings (SSSR count). The Bertz CT molecular complexity index is 716. The fraction of sp³-hybridized carbons (Fsp3) is 0.389. The van der Waals surface area contributed by atoms with Gasteiger partial charge in [-0.3, -0.25) is 0 Å². The van der Waals surface area contributed by atoms with Crippen molar-refractivity contribution >= 4 is 23.5 Å². The molecule has 3 N–H and O–H groups in total. The zero-order valence-electron chi connectivity index (χ0n) is 15.3. The normalized spacial score (nSPS) is 10.2. The summed E-state index contributed by atoms with van der Waals surface area (Å²) in [5.74, 6) is 1.40. The standard InChI is InChI=1S/C18H26N6O/c1-5-14-8-6-7-9-15(14)22-18(25)20-11-10-19-17-21-13(2)12-16(23-17)24(3)4/h6-9,12H,5,10-11H2,1-4H3,(H,19,21,23)(H2,20,22,25). The van der Waals surface area contributed by atoms with Crippen LogP contribution in [-0.2, 0) is 6.42 Å². The first kappa shape index (κ1) is 18.5. The Balaban J connectivity index is 1.80. The number of benzene rings is 1. The summed E-state index contributed by atoms with van der Waals surface area (Å²) in [6.07, 6.45) is 0.872. The minimum Gasteiger partial charge on any atom is -0.363 e. The van der Waals surface area contributed by atoms with Crippen LogP contribution in [0.15, 0.2) is 30.3 Å². The van der Waals surface area contributed by atoms with E-state index in [-0.39, 0.29) is 6.03 Å². The lowest BCUT2D eigenvalue weighted by Gasteiger charge is -2.14. The summed E-state index contributed by atoms with van der Waals surface area (Å²) >= 11 is 0. The lowest BCUT2D eigenvalue weighted by molar-refractivity contribution is 0.252. The maximum atomic E-state index is 12.0. The van der Waals surface area contributed by atoms with Gasteiger partial charge in [0.15, 0.2) is 0 Å². The Morgan fingerprint density at radius 2 is 1.92 bits per heavy atom. The molecule has 0 unspecified atom stereocenters. The third-order valence-electron chi connectivity index (χ3n) is 3.64. The zero-order valence-corrected chi connectivity index (χ0v) is 15.3. The number of hydrogen-bond donors (Lipinski definition) is 3. The van der Waals surface area contributed by atoms with Crippen LogP contribution in [0.4, 0.5) is 22.2 Å². The first-order valence-electron chi connectivity index (χ1n) is 8.39. The van der Waals surface area contributed by atoms with Crippen molar-refractivity contribution in [1.29, 1.82) is 0 Å². The Kier molecular flexibility index (Phi) is 6.56. The molecule has 1 aromatic carbocycles. The first-order valence-corrected chi connectivity index (χ1v) is 8.39. The Hall–Kier alpha value is -2.83. The molecular weight excluding hydrogens is 316 g/mol. The van der Waals surface area contributed by atoms with E-state index in [9.17, 15) is 4.79 Å². The van der Waals surface area contributed by atoms with Crippen molar-refractivity contribution in [3.05, 3.63) is 41.6 Å². The Morgan fingerprint density at radius 1 is 1.16 bits per heavy atom. The Morgan fingerprint density at radius 3 is 2.64 bits per heavy atom. The van der Waals surface area contributed by atoms with Crippen LogP contribution in [-0.4, -0.2) is 43.2 Å². The minimum atomic E-state index is -0.221. The van der Waals surface area contributed by atoms with Gasteiger partial charge in [0.1, 0.15) is 5.82 Å². The van der Waals surface area contributed by atoms with Crippen LogP contribution in [0.5, 0.6) is 0 Å². The second kappa shape index (κ2) is 8.86. The summed E-state index contributed by atoms with van der Waals surface area (Å²) < 4.78 is 0. The predicted molar refractivity (Wildman–Crippen MR) is 102 cm³/mol. The number of anilines is 3. The maximum Gasteiger partial charge on any atom is 0.319 e. The van der Waals surface area contributed by atoms with Crippen molar-refractivity contribution in [1.82, 2.24) is 15.3 Å². The molecule has 0 spiro atoms. The number of para-hydroxylation sites is 1. The number of aromatic nitrogens is 2. The number of aryl methyl sites for hydroxylation is 2. The molecule has 1 aromatic heterocycles. The van der Waals surface area contributed by atoms with E-state index in [2.05, 4.69) is 32.8 Å². The van der Waals surface area contributed by atoms with Crippen LogP contribution in [0.25, 0.3) is 0 Å². The van der Waals surface area contributed by atoms with E-state index in [1.165, 1.54) is 0 Å². The quantitative estimate of drug-likeness (QED) is 0.674. The van der Waals surface area contributed by atoms with Gasteiger partial charge in [-0.2, -0.15) is 4.98 Å². The number of carbonyl (C=O) groups is 1. The van der Waals surface area contributed by atoms with Crippen molar-refractivity contribution in [2.75, 3.05) is 42.7 Å². The highest BCUT2D eigenvalue weighted by Gasteiger charge is 2.06. The van der Waals surface area contributed by atoms with Gasteiger partial charge in [-0.1, -0.05) is 25.1 Å². The molecule has 0 atom stereocenters. The highest BCUT2D eigenvalue weighted by molar-refractivity contribution is 5.90. The predicted octanol–water partition coefficient (Wildman–Crippen LogP) is 2.65. The number of amides is 2. The number of urea groups is 1. The Labute approximate surface area is 148 Å². The second-order valence-electron chi connectivity index (χ2n) is 5.90. The SMILES string of the molecule is CCc1ccccc1NC(=O)NCCNc1nc(C)cc(N(C)C)n1. The fourth-order valence-electron chi connectivity index (χ4n) is 2.33. The molecule has 25 heavy (non-hydrogen) atoms. The van der Waals surface area contributed by atoms with E-state index in [0.29, 0.717) is 19.0 Å². The summed E-state index contributed by atoms with van der Waals surface area (Å²) in [6, 6.07) is 9.49. The van der Waals surface area contributed by atoms with Crippen molar-refractivity contribution in [2.24, 2.45) is 0 Å². The van der Waals surface area contributed by atoms with Crippen LogP contribution in [0.2, 0.25) is 0 Å². The van der Waals surface area contributed by atoms with Crippen LogP contribution < -0.4 is 20.9 Å². The average molecular weight is 342 g/mol. The molecule has 0 aliphatic heterocycles. The fourth-order valence-corrected chi connectivity index (χ4v) is 2.33. The molecule has 0 fully saturated rings. The van der Waals surface area contributed by atoms with E-state index < -0.39 is 0 Å². The van der Waals surface area contributed by atoms with Crippen molar-refractivity contribution in [3.8, 4) is 0 Å². The third kappa shape index (κ3) is 5.63. The molecule has 0 bridgehead atoms. The second-order valence-corrected chi connectivity index (χ2v) is 5.90. The van der Waals surface area contributed by atoms with Crippen LogP contribution in [0.3, 0.4) is 0 Å². The molecule has 7 nitrogen and oxygen atoms in total. The third-order valence-corrected chi connectivity index (χ3v) is 3.64. The zero-order chi connectivity index (χ0) is 18.2. The van der Waals surface area contributed by atoms with E-state index in [1.54, 1.807) is 0 Å². The van der Waals surface area contributed by atoms with Crippen molar-refractivity contribution < 1.29 is 4.79 Å². The highest BCUT2D eigenvalue weighted by Crippen LogP contribution is 2.15. The maximum absolute atomic E-state index is 12.0. The molecule has 2 aromatic rings. The molecule has 134 valence electrons. The van der Waals surface area contributed by atoms with Crippen LogP contribution in [0, 0.1) is 6.92 Å². The summed E-state index contributed by atoms with van der Waals surface area (Å²) in [7, 11) is 3.87. The number of hydrogen-bond acceptors (Lipinski definition) is 5. The van der Waals surface area contributed by atoms with Gasteiger partial charge in [0.05, 0.1) is 0 Å². The molecular formula is C18H26N6O. The largest absolute Gasteiger partial charge is 0.363 e. The van der Waals surface area contributed by atoms with Gasteiger partial charge >= 0.3 is 6.03 Å². The molecule has 1 heterocycles. The minimum absolute atomic E-state index is 0.221. The molecule has 7 heteroatoms. The molecule has 0 saturated heterocycles. The van der Waals surface area contributed by atoms with Crippen molar-refractivity contribution in [3.63, 3.8) is 0 Å². The van der Waals surface area contributed by atoms with Gasteiger partial charge in [-0.25, -0.2) is 9.78 Å². The van der Waals surface area contributed by atoms with Crippen molar-refractivity contribution in [2.45, 2.75) is 20.3 Å². The summed E-state index contributed by atoms with van der Waals surface area (Å²) in [5.41, 5.74) is 2.84. The summed E-state index contributed by atoms with van der Waals surface area (Å²) in [5, 5.41) is 8.83. The average Bonchev–Trinajstić information content (AvgIpc) is 2.58. The number of nitrogens with one attached hydrogen (secondary N) is 3. The van der Waals surface area contributed by atoms with Crippen LogP contribution in [0.1, 0.15) is 18.2 Å². The monoisotopic (exact) mass is 342 g/mol. The van der Waals surface area contributed by atoms with E-state index in [4.69, 9.17) is 0 Å². The smallest absolute Gasteiger partial charge is 0.319 e. The van der Waals surface area contributed by atoms with Gasteiger partial charge in [0, 0.05) is 44.6 Å². The van der Waals surface area contributed by atoms with Gasteiger partial charge in [-0.15, -0.1) is 0 Å². The molecule has 0 saturated carbocycles. The highest BCUT2D eigenvalue weighted by atomic mass is 16.2. The van der Waals surface area contributed by atoms with Gasteiger partial charge in [0.2, 0.25) is 5.95 Å².